The Morgan fingerprint density at radius 2 is 2.15 bits per heavy atom. The van der Waals surface area contributed by atoms with E-state index in [0.29, 0.717) is 20.9 Å². The van der Waals surface area contributed by atoms with Crippen molar-refractivity contribution in [3.8, 4) is 21.8 Å². The van der Waals surface area contributed by atoms with Crippen LogP contribution in [0.3, 0.4) is 0 Å². The summed E-state index contributed by atoms with van der Waals surface area (Å²) in [6, 6.07) is 8.84. The zero-order valence-corrected chi connectivity index (χ0v) is 15.0. The van der Waals surface area contributed by atoms with Gasteiger partial charge in [0.25, 0.3) is 5.91 Å². The summed E-state index contributed by atoms with van der Waals surface area (Å²) in [5.74, 6) is -0.396. The fraction of sp³-hybridized carbons (Fsp3) is 0.0625. The highest BCUT2D eigenvalue weighted by Crippen LogP contribution is 2.31. The molecular weight excluding hydrogens is 376 g/mol. The second-order valence-corrected chi connectivity index (χ2v) is 6.71. The first kappa shape index (κ1) is 16.4. The topological polar surface area (TPSA) is 98.7 Å². The zero-order valence-electron chi connectivity index (χ0n) is 13.4. The number of carbonyl (C=O) groups is 1. The summed E-state index contributed by atoms with van der Waals surface area (Å²) in [6.45, 7) is 0. The second kappa shape index (κ2) is 6.70. The maximum atomic E-state index is 12.3. The standard InChI is InChI=1S/C16H11ClN6O2S/c1-23-8-9(7-18-23)12-6-13(25-22-12)14(24)19-16-21-20-15(26-16)10-4-2-3-5-11(10)17/h2-8H,1H3,(H,19,21,24). The van der Waals surface area contributed by atoms with Gasteiger partial charge >= 0.3 is 0 Å². The van der Waals surface area contributed by atoms with Gasteiger partial charge in [-0.25, -0.2) is 0 Å². The molecule has 0 aliphatic rings. The van der Waals surface area contributed by atoms with E-state index in [2.05, 4.69) is 25.8 Å². The largest absolute Gasteiger partial charge is 0.350 e. The van der Waals surface area contributed by atoms with Crippen molar-refractivity contribution in [1.82, 2.24) is 25.1 Å². The van der Waals surface area contributed by atoms with Crippen LogP contribution >= 0.6 is 22.9 Å². The van der Waals surface area contributed by atoms with Gasteiger partial charge < -0.3 is 4.52 Å². The molecular formula is C16H11ClN6O2S. The number of carbonyl (C=O) groups excluding carboxylic acids is 1. The SMILES string of the molecule is Cn1cc(-c2cc(C(=O)Nc3nnc(-c4ccccc4Cl)s3)on2)cn1. The van der Waals surface area contributed by atoms with E-state index in [4.69, 9.17) is 16.1 Å². The van der Waals surface area contributed by atoms with Gasteiger partial charge in [-0.3, -0.25) is 14.8 Å². The predicted octanol–water partition coefficient (Wildman–Crippen LogP) is 3.50. The maximum Gasteiger partial charge on any atom is 0.296 e. The van der Waals surface area contributed by atoms with E-state index in [0.717, 1.165) is 11.1 Å². The quantitative estimate of drug-likeness (QED) is 0.576. The number of nitrogens with one attached hydrogen (secondary N) is 1. The highest BCUT2D eigenvalue weighted by molar-refractivity contribution is 7.18. The molecule has 0 bridgehead atoms. The Morgan fingerprint density at radius 3 is 2.92 bits per heavy atom. The number of hydrogen-bond acceptors (Lipinski definition) is 7. The zero-order chi connectivity index (χ0) is 18.1. The third-order valence-electron chi connectivity index (χ3n) is 3.48. The van der Waals surface area contributed by atoms with Crippen molar-refractivity contribution in [3.63, 3.8) is 0 Å². The molecule has 0 aliphatic heterocycles. The van der Waals surface area contributed by atoms with E-state index in [-0.39, 0.29) is 5.76 Å². The molecule has 0 fully saturated rings. The van der Waals surface area contributed by atoms with E-state index in [1.165, 1.54) is 11.3 Å². The Hall–Kier alpha value is -3.04. The van der Waals surface area contributed by atoms with Crippen molar-refractivity contribution in [2.24, 2.45) is 7.05 Å². The first-order valence-electron chi connectivity index (χ1n) is 7.45. The van der Waals surface area contributed by atoms with Crippen molar-refractivity contribution in [2.45, 2.75) is 0 Å². The van der Waals surface area contributed by atoms with Crippen LogP contribution < -0.4 is 5.32 Å². The van der Waals surface area contributed by atoms with Crippen LogP contribution in [-0.2, 0) is 7.05 Å². The molecule has 0 atom stereocenters. The van der Waals surface area contributed by atoms with Crippen LogP contribution in [0.25, 0.3) is 21.8 Å². The number of aromatic nitrogens is 5. The summed E-state index contributed by atoms with van der Waals surface area (Å²) < 4.78 is 6.75. The molecule has 0 saturated carbocycles. The number of anilines is 1. The van der Waals surface area contributed by atoms with Crippen molar-refractivity contribution in [1.29, 1.82) is 0 Å². The number of nitrogens with zero attached hydrogens (tertiary/aromatic N) is 5. The number of hydrogen-bond donors (Lipinski definition) is 1. The number of amides is 1. The van der Waals surface area contributed by atoms with Gasteiger partial charge in [0, 0.05) is 30.4 Å². The van der Waals surface area contributed by atoms with Crippen LogP contribution in [0.2, 0.25) is 5.02 Å². The molecule has 4 rings (SSSR count). The molecule has 0 radical (unpaired) electrons. The lowest BCUT2D eigenvalue weighted by molar-refractivity contribution is 0.0988. The summed E-state index contributed by atoms with van der Waals surface area (Å²) in [5.41, 5.74) is 2.04. The van der Waals surface area contributed by atoms with Crippen LogP contribution in [0.5, 0.6) is 0 Å². The Kier molecular flexibility index (Phi) is 4.23. The molecule has 0 saturated heterocycles. The molecule has 0 aliphatic carbocycles. The smallest absolute Gasteiger partial charge is 0.296 e. The molecule has 3 aromatic heterocycles. The minimum atomic E-state index is -0.463. The third kappa shape index (κ3) is 3.22. The van der Waals surface area contributed by atoms with Crippen LogP contribution in [-0.4, -0.2) is 31.0 Å². The van der Waals surface area contributed by atoms with Crippen LogP contribution in [0.1, 0.15) is 10.6 Å². The van der Waals surface area contributed by atoms with E-state index < -0.39 is 5.91 Å². The minimum absolute atomic E-state index is 0.0679. The first-order chi connectivity index (χ1) is 12.6. The molecule has 8 nitrogen and oxygen atoms in total. The molecule has 10 heteroatoms. The Morgan fingerprint density at radius 1 is 1.31 bits per heavy atom. The van der Waals surface area contributed by atoms with Gasteiger partial charge in [0.1, 0.15) is 5.69 Å². The van der Waals surface area contributed by atoms with Crippen molar-refractivity contribution < 1.29 is 9.32 Å². The van der Waals surface area contributed by atoms with Gasteiger partial charge in [-0.1, -0.05) is 46.3 Å². The molecule has 0 unspecified atom stereocenters. The van der Waals surface area contributed by atoms with Crippen molar-refractivity contribution in [2.75, 3.05) is 5.32 Å². The van der Waals surface area contributed by atoms with Gasteiger partial charge in [-0.2, -0.15) is 5.10 Å². The molecule has 0 spiro atoms. The van der Waals surface area contributed by atoms with Gasteiger partial charge in [0.15, 0.2) is 5.01 Å². The number of aryl methyl sites for hydroxylation is 1. The normalized spacial score (nSPS) is 10.8. The maximum absolute atomic E-state index is 12.3. The summed E-state index contributed by atoms with van der Waals surface area (Å²) in [6.07, 6.45) is 3.42. The minimum Gasteiger partial charge on any atom is -0.350 e. The van der Waals surface area contributed by atoms with Crippen LogP contribution in [0.4, 0.5) is 5.13 Å². The molecule has 130 valence electrons. The lowest BCUT2D eigenvalue weighted by Gasteiger charge is -1.97. The number of halogens is 1. The highest BCUT2D eigenvalue weighted by atomic mass is 35.5. The molecule has 3 heterocycles. The molecule has 1 amide bonds. The molecule has 26 heavy (non-hydrogen) atoms. The highest BCUT2D eigenvalue weighted by Gasteiger charge is 2.17. The number of benzene rings is 1. The summed E-state index contributed by atoms with van der Waals surface area (Å²) in [4.78, 5) is 12.3. The Balaban J connectivity index is 1.51. The predicted molar refractivity (Wildman–Crippen MR) is 97.0 cm³/mol. The van der Waals surface area contributed by atoms with Gasteiger partial charge in [0.2, 0.25) is 10.9 Å². The van der Waals surface area contributed by atoms with E-state index in [1.54, 1.807) is 36.3 Å². The van der Waals surface area contributed by atoms with Gasteiger partial charge in [-0.05, 0) is 6.07 Å². The van der Waals surface area contributed by atoms with E-state index in [9.17, 15) is 4.79 Å². The second-order valence-electron chi connectivity index (χ2n) is 5.33. The van der Waals surface area contributed by atoms with Gasteiger partial charge in [-0.15, -0.1) is 10.2 Å². The summed E-state index contributed by atoms with van der Waals surface area (Å²) in [7, 11) is 1.79. The van der Waals surface area contributed by atoms with Crippen LogP contribution in [0.15, 0.2) is 47.2 Å². The Labute approximate surface area is 156 Å². The molecule has 1 aromatic carbocycles. The average molecular weight is 387 g/mol. The van der Waals surface area contributed by atoms with Gasteiger partial charge in [0.05, 0.1) is 11.2 Å². The first-order valence-corrected chi connectivity index (χ1v) is 8.65. The average Bonchev–Trinajstić information content (AvgIpc) is 3.35. The van der Waals surface area contributed by atoms with Crippen LogP contribution in [0, 0.1) is 0 Å². The van der Waals surface area contributed by atoms with E-state index in [1.807, 2.05) is 18.2 Å². The van der Waals surface area contributed by atoms with Crippen molar-refractivity contribution >= 4 is 34.0 Å². The fourth-order valence-electron chi connectivity index (χ4n) is 2.25. The lowest BCUT2D eigenvalue weighted by atomic mass is 10.2. The molecule has 4 aromatic rings. The Bertz CT molecular complexity index is 1090. The summed E-state index contributed by atoms with van der Waals surface area (Å²) in [5, 5.41) is 20.1. The summed E-state index contributed by atoms with van der Waals surface area (Å²) >= 11 is 7.37. The van der Waals surface area contributed by atoms with E-state index >= 15 is 0 Å². The van der Waals surface area contributed by atoms with Crippen molar-refractivity contribution in [3.05, 3.63) is 53.5 Å². The fourth-order valence-corrected chi connectivity index (χ4v) is 3.31. The monoisotopic (exact) mass is 386 g/mol. The lowest BCUT2D eigenvalue weighted by Crippen LogP contribution is -2.10. The third-order valence-corrected chi connectivity index (χ3v) is 4.69. The number of rotatable bonds is 4. The molecule has 1 N–H and O–H groups in total.